The van der Waals surface area contributed by atoms with Gasteiger partial charge in [-0.15, -0.1) is 0 Å². The molecule has 8 fully saturated rings. The van der Waals surface area contributed by atoms with Crippen molar-refractivity contribution in [2.24, 2.45) is 47.3 Å². The van der Waals surface area contributed by atoms with Crippen molar-refractivity contribution in [2.45, 2.75) is 299 Å². The van der Waals surface area contributed by atoms with Crippen LogP contribution in [0.25, 0.3) is 0 Å². The van der Waals surface area contributed by atoms with E-state index >= 15 is 0 Å². The van der Waals surface area contributed by atoms with Crippen LogP contribution in [0, 0.1) is 47.3 Å². The van der Waals surface area contributed by atoms with Gasteiger partial charge in [-0.1, -0.05) is 304 Å². The summed E-state index contributed by atoms with van der Waals surface area (Å²) in [5.41, 5.74) is 0. The molecular formula is C56H96Mo2S10-4. The predicted molar refractivity (Wildman–Crippen MR) is 317 cm³/mol. The molecule has 0 spiro atoms. The first kappa shape index (κ1) is 69.0. The van der Waals surface area contributed by atoms with Gasteiger partial charge in [0.15, 0.2) is 0 Å². The van der Waals surface area contributed by atoms with Gasteiger partial charge in [-0.2, -0.15) is 42.0 Å². The van der Waals surface area contributed by atoms with Gasteiger partial charge in [0.1, 0.15) is 0 Å². The van der Waals surface area contributed by atoms with Gasteiger partial charge in [0.25, 0.3) is 0 Å². The van der Waals surface area contributed by atoms with Crippen molar-refractivity contribution < 1.29 is 42.1 Å². The smallest absolute Gasteiger partial charge is 1.00 e. The maximum absolute atomic E-state index is 5.76. The molecule has 8 unspecified atom stereocenters. The first-order chi connectivity index (χ1) is 32.2. The maximum atomic E-state index is 5.76. The Kier molecular flexibility index (Phi) is 42.5. The van der Waals surface area contributed by atoms with E-state index in [0.717, 1.165) is 47.3 Å². The molecule has 0 heterocycles. The molecule has 8 aliphatic rings. The van der Waals surface area contributed by atoms with E-state index in [1.54, 1.807) is 0 Å². The van der Waals surface area contributed by atoms with Crippen molar-refractivity contribution >= 4 is 124 Å². The third-order valence-electron chi connectivity index (χ3n) is 18.2. The molecule has 0 aromatic heterocycles. The molecule has 8 atom stereocenters. The van der Waals surface area contributed by atoms with Gasteiger partial charge in [-0.25, -0.2) is 0 Å². The maximum Gasteiger partial charge on any atom is 3.00 e. The van der Waals surface area contributed by atoms with Crippen LogP contribution in [0.3, 0.4) is 0 Å². The van der Waals surface area contributed by atoms with E-state index in [9.17, 15) is 0 Å². The minimum absolute atomic E-state index is 0. The Hall–Kier alpha value is 4.88. The molecule has 68 heavy (non-hydrogen) atoms. The molecule has 12 heteroatoms. The molecule has 396 valence electrons. The second-order valence-corrected chi connectivity index (χ2v) is 27.3. The van der Waals surface area contributed by atoms with Crippen LogP contribution in [-0.2, 0) is 166 Å². The zero-order valence-electron chi connectivity index (χ0n) is 42.4. The molecule has 8 aliphatic carbocycles. The largest absolute Gasteiger partial charge is 3.00 e. The summed E-state index contributed by atoms with van der Waals surface area (Å²) in [5.74, 6) is 6.17. The van der Waals surface area contributed by atoms with Crippen LogP contribution in [0.5, 0.6) is 0 Å². The van der Waals surface area contributed by atoms with Crippen LogP contribution in [0.4, 0.5) is 0 Å². The molecule has 0 aliphatic heterocycles. The average molecular weight is 1280 g/mol. The van der Waals surface area contributed by atoms with Crippen LogP contribution < -0.4 is 0 Å². The van der Waals surface area contributed by atoms with Crippen LogP contribution in [0.15, 0.2) is 0 Å². The fourth-order valence-electron chi connectivity index (χ4n) is 13.8. The summed E-state index contributed by atoms with van der Waals surface area (Å²) in [4.78, 5) is 0. The van der Waals surface area contributed by atoms with E-state index in [4.69, 9.17) is 101 Å². The molecule has 0 N–H and O–H groups in total. The summed E-state index contributed by atoms with van der Waals surface area (Å²) in [6, 6.07) is 0. The van der Waals surface area contributed by atoms with E-state index in [-0.39, 0.29) is 42.1 Å². The number of rotatable bonds is 12. The second-order valence-electron chi connectivity index (χ2n) is 22.9. The minimum Gasteiger partial charge on any atom is -1.00 e. The van der Waals surface area contributed by atoms with Gasteiger partial charge in [0, 0.05) is 0 Å². The topological polar surface area (TPSA) is 0 Å². The SMILES string of the molecule is [Mo+3].[Mo+3].[S-]C(C1CCCCC1)C([S-])C1CCCCC1.[S-]C(C1CCCCC1)C([S-])C1CCCCC1.[S-]C(C1CCCCC1)C([S-])C1CCCCC1.[S-]C(C1CCCCC1)C([S-])C1CCCCC1.[S-][S-]. The number of hydrogen-bond acceptors (Lipinski definition) is 10. The van der Waals surface area contributed by atoms with Gasteiger partial charge in [0.2, 0.25) is 0 Å². The van der Waals surface area contributed by atoms with Crippen molar-refractivity contribution in [2.75, 3.05) is 0 Å². The quantitative estimate of drug-likeness (QED) is 0.105. The van der Waals surface area contributed by atoms with Gasteiger partial charge in [0.05, 0.1) is 0 Å². The minimum atomic E-state index is 0. The summed E-state index contributed by atoms with van der Waals surface area (Å²) in [6.45, 7) is 0. The van der Waals surface area contributed by atoms with Gasteiger partial charge in [-0.05, 0) is 0 Å². The molecule has 0 aromatic rings. The summed E-state index contributed by atoms with van der Waals surface area (Å²) < 4.78 is 0. The monoisotopic (exact) mass is 1280 g/mol. The van der Waals surface area contributed by atoms with Crippen LogP contribution in [0.1, 0.15) is 257 Å². The van der Waals surface area contributed by atoms with Gasteiger partial charge >= 0.3 is 42.1 Å². The normalized spacial score (nSPS) is 27.3. The Bertz CT molecular complexity index is 878. The Balaban J connectivity index is 0.000000304. The van der Waals surface area contributed by atoms with Crippen LogP contribution in [0.2, 0.25) is 0 Å². The standard InChI is InChI=1S/4C14H26S2.2Mo.S2/c4*15-13(11-7-3-1-4-8-11)14(16)12-9-5-2-6-10-12;;;1-2/h4*11-16H,1-10H2;;;/q;;;;2*+3;-2/p-8. The van der Waals surface area contributed by atoms with Crippen molar-refractivity contribution in [3.05, 3.63) is 0 Å². The molecule has 0 aromatic carbocycles. The molecule has 0 nitrogen and oxygen atoms in total. The van der Waals surface area contributed by atoms with E-state index in [1.807, 2.05) is 0 Å². The van der Waals surface area contributed by atoms with E-state index in [1.165, 1.54) is 257 Å². The van der Waals surface area contributed by atoms with Crippen molar-refractivity contribution in [3.8, 4) is 0 Å². The molecule has 8 saturated carbocycles. The van der Waals surface area contributed by atoms with Crippen LogP contribution in [-0.4, -0.2) is 42.0 Å². The van der Waals surface area contributed by atoms with Crippen molar-refractivity contribution in [3.63, 3.8) is 0 Å². The zero-order chi connectivity index (χ0) is 47.5. The summed E-state index contributed by atoms with van der Waals surface area (Å²) in [6.07, 6.45) is 55.3. The predicted octanol–water partition coefficient (Wildman–Crippen LogP) is 15.9. The Morgan fingerprint density at radius 2 is 0.235 bits per heavy atom. The van der Waals surface area contributed by atoms with Crippen LogP contribution >= 0.6 is 0 Å². The molecular weight excluding hydrogens is 1190 g/mol. The van der Waals surface area contributed by atoms with E-state index in [0.29, 0.717) is 42.0 Å². The van der Waals surface area contributed by atoms with Gasteiger partial charge < -0.3 is 124 Å². The third kappa shape index (κ3) is 25.3. The molecule has 0 bridgehead atoms. The Morgan fingerprint density at radius 3 is 0.309 bits per heavy atom. The molecule has 0 saturated heterocycles. The zero-order valence-corrected chi connectivity index (χ0v) is 54.6. The second kappa shape index (κ2) is 41.9. The fourth-order valence-corrected chi connectivity index (χ4v) is 17.8. The first-order valence-corrected chi connectivity index (χ1v) is 33.7. The number of hydrogen-bond donors (Lipinski definition) is 0. The van der Waals surface area contributed by atoms with Crippen molar-refractivity contribution in [1.82, 2.24) is 0 Å². The molecule has 0 amide bonds. The average Bonchev–Trinajstić information content (AvgIpc) is 3.42. The first-order valence-electron chi connectivity index (χ1n) is 28.6. The summed E-state index contributed by atoms with van der Waals surface area (Å²) in [5, 5.41) is 3.10. The Labute approximate surface area is 507 Å². The van der Waals surface area contributed by atoms with E-state index < -0.39 is 0 Å². The fraction of sp³-hybridized carbons (Fsp3) is 1.00. The summed E-state index contributed by atoms with van der Waals surface area (Å²) in [7, 11) is 0. The third-order valence-corrected chi connectivity index (χ3v) is 24.3. The Morgan fingerprint density at radius 1 is 0.162 bits per heavy atom. The molecule has 8 rings (SSSR count). The summed E-state index contributed by atoms with van der Waals surface area (Å²) >= 11 is 53.4. The van der Waals surface area contributed by atoms with Crippen molar-refractivity contribution in [1.29, 1.82) is 0 Å². The van der Waals surface area contributed by atoms with E-state index in [2.05, 4.69) is 23.3 Å². The van der Waals surface area contributed by atoms with Gasteiger partial charge in [-0.3, -0.25) is 0 Å². The molecule has 2 radical (unpaired) electrons.